The summed E-state index contributed by atoms with van der Waals surface area (Å²) in [5.41, 5.74) is 0.635. The van der Waals surface area contributed by atoms with Crippen LogP contribution in [0.25, 0.3) is 11.3 Å². The lowest BCUT2D eigenvalue weighted by Crippen LogP contribution is -1.93. The van der Waals surface area contributed by atoms with E-state index in [-0.39, 0.29) is 12.2 Å². The van der Waals surface area contributed by atoms with Crippen LogP contribution >= 0.6 is 39.1 Å². The minimum absolute atomic E-state index is 0.0453. The number of carbonyl (C=O) groups is 1. The first-order valence-electron chi connectivity index (χ1n) is 5.20. The van der Waals surface area contributed by atoms with E-state index < -0.39 is 0 Å². The van der Waals surface area contributed by atoms with Crippen molar-refractivity contribution in [2.24, 2.45) is 0 Å². The fourth-order valence-electron chi connectivity index (χ4n) is 1.63. The second kappa shape index (κ2) is 5.47. The van der Waals surface area contributed by atoms with E-state index in [0.717, 1.165) is 4.47 Å². The summed E-state index contributed by atoms with van der Waals surface area (Å²) in [7, 11) is 0. The van der Waals surface area contributed by atoms with Gasteiger partial charge in [0.05, 0.1) is 22.0 Å². The van der Waals surface area contributed by atoms with Gasteiger partial charge < -0.3 is 4.42 Å². The maximum absolute atomic E-state index is 11.0. The highest BCUT2D eigenvalue weighted by molar-refractivity contribution is 9.10. The van der Waals surface area contributed by atoms with Crippen LogP contribution in [0.3, 0.4) is 0 Å². The molecular formula is C13H9BrCl2O2. The Hall–Kier alpha value is -0.770. The van der Waals surface area contributed by atoms with E-state index in [2.05, 4.69) is 15.9 Å². The number of carbonyl (C=O) groups excluding carboxylic acids is 1. The Bertz CT molecular complexity index is 582. The third kappa shape index (κ3) is 2.97. The third-order valence-electron chi connectivity index (χ3n) is 2.34. The van der Waals surface area contributed by atoms with Crippen LogP contribution in [0, 0.1) is 0 Å². The minimum atomic E-state index is 0.0453. The fraction of sp³-hybridized carbons (Fsp3) is 0.154. The molecule has 0 fully saturated rings. The number of benzene rings is 1. The van der Waals surface area contributed by atoms with E-state index >= 15 is 0 Å². The van der Waals surface area contributed by atoms with Crippen molar-refractivity contribution < 1.29 is 9.21 Å². The number of hydrogen-bond donors (Lipinski definition) is 0. The molecule has 5 heteroatoms. The minimum Gasteiger partial charge on any atom is -0.461 e. The van der Waals surface area contributed by atoms with Gasteiger partial charge in [-0.15, -0.1) is 0 Å². The topological polar surface area (TPSA) is 30.2 Å². The molecule has 94 valence electrons. The molecule has 0 atom stereocenters. The Morgan fingerprint density at radius 2 is 1.89 bits per heavy atom. The van der Waals surface area contributed by atoms with Crippen LogP contribution in [0.4, 0.5) is 0 Å². The second-order valence-electron chi connectivity index (χ2n) is 3.89. The lowest BCUT2D eigenvalue weighted by atomic mass is 10.2. The Morgan fingerprint density at radius 1 is 1.28 bits per heavy atom. The van der Waals surface area contributed by atoms with E-state index in [1.165, 1.54) is 6.92 Å². The average Bonchev–Trinajstić information content (AvgIpc) is 2.63. The molecule has 0 saturated carbocycles. The number of ketones is 1. The Kier molecular flexibility index (Phi) is 4.15. The summed E-state index contributed by atoms with van der Waals surface area (Å²) in [6.45, 7) is 1.52. The van der Waals surface area contributed by atoms with Crippen LogP contribution in [0.5, 0.6) is 0 Å². The monoisotopic (exact) mass is 346 g/mol. The molecule has 0 bridgehead atoms. The summed E-state index contributed by atoms with van der Waals surface area (Å²) in [5.74, 6) is 1.21. The van der Waals surface area contributed by atoms with Crippen LogP contribution in [0.2, 0.25) is 10.0 Å². The molecule has 0 aliphatic rings. The Balaban J connectivity index is 2.43. The second-order valence-corrected chi connectivity index (χ2v) is 5.62. The maximum Gasteiger partial charge on any atom is 0.137 e. The lowest BCUT2D eigenvalue weighted by Gasteiger charge is -2.04. The van der Waals surface area contributed by atoms with E-state index in [9.17, 15) is 4.79 Å². The quantitative estimate of drug-likeness (QED) is 0.768. The third-order valence-corrected chi connectivity index (χ3v) is 3.39. The molecule has 0 radical (unpaired) electrons. The number of Topliss-reactive ketones (excluding diaryl/α,β-unsaturated/α-hetero) is 1. The van der Waals surface area contributed by atoms with Crippen molar-refractivity contribution in [2.75, 3.05) is 0 Å². The molecule has 2 nitrogen and oxygen atoms in total. The summed E-state index contributed by atoms with van der Waals surface area (Å²) in [6, 6.07) is 7.01. The van der Waals surface area contributed by atoms with Crippen molar-refractivity contribution in [3.8, 4) is 11.3 Å². The first-order chi connectivity index (χ1) is 8.47. The largest absolute Gasteiger partial charge is 0.461 e. The molecule has 0 spiro atoms. The molecule has 0 unspecified atom stereocenters. The first kappa shape index (κ1) is 13.7. The van der Waals surface area contributed by atoms with Gasteiger partial charge in [-0.25, -0.2) is 0 Å². The summed E-state index contributed by atoms with van der Waals surface area (Å²) >= 11 is 15.6. The predicted octanol–water partition coefficient (Wildman–Crippen LogP) is 5.15. The lowest BCUT2D eigenvalue weighted by molar-refractivity contribution is -0.116. The van der Waals surface area contributed by atoms with Crippen LogP contribution in [-0.2, 0) is 11.2 Å². The number of hydrogen-bond acceptors (Lipinski definition) is 2. The van der Waals surface area contributed by atoms with Gasteiger partial charge in [0, 0.05) is 4.47 Å². The van der Waals surface area contributed by atoms with E-state index in [1.54, 1.807) is 24.3 Å². The standard InChI is InChI=1S/C13H9BrCl2O2/c1-7(17)4-9-2-3-12(18-9)13-10(15)5-8(14)6-11(13)16/h2-3,5-6H,4H2,1H3. The van der Waals surface area contributed by atoms with E-state index in [1.807, 2.05) is 0 Å². The molecule has 1 aromatic heterocycles. The average molecular weight is 348 g/mol. The summed E-state index contributed by atoms with van der Waals surface area (Å²) in [6.07, 6.45) is 0.270. The zero-order chi connectivity index (χ0) is 13.3. The van der Waals surface area contributed by atoms with Crippen LogP contribution in [0.15, 0.2) is 33.2 Å². The molecule has 0 N–H and O–H groups in total. The highest BCUT2D eigenvalue weighted by Gasteiger charge is 2.14. The molecule has 2 aromatic rings. The number of furan rings is 1. The van der Waals surface area contributed by atoms with Crippen molar-refractivity contribution in [1.82, 2.24) is 0 Å². The maximum atomic E-state index is 11.0. The first-order valence-corrected chi connectivity index (χ1v) is 6.75. The van der Waals surface area contributed by atoms with Crippen molar-refractivity contribution in [3.63, 3.8) is 0 Å². The van der Waals surface area contributed by atoms with Crippen LogP contribution in [-0.4, -0.2) is 5.78 Å². The van der Waals surface area contributed by atoms with E-state index in [0.29, 0.717) is 27.1 Å². The van der Waals surface area contributed by atoms with Crippen LogP contribution < -0.4 is 0 Å². The van der Waals surface area contributed by atoms with Gasteiger partial charge in [-0.3, -0.25) is 4.79 Å². The predicted molar refractivity (Wildman–Crippen MR) is 76.2 cm³/mol. The SMILES string of the molecule is CC(=O)Cc1ccc(-c2c(Cl)cc(Br)cc2Cl)o1. The van der Waals surface area contributed by atoms with Crippen molar-refractivity contribution in [2.45, 2.75) is 13.3 Å². The summed E-state index contributed by atoms with van der Waals surface area (Å²) in [5, 5.41) is 0.996. The van der Waals surface area contributed by atoms with Gasteiger partial charge in [-0.2, -0.15) is 0 Å². The molecule has 1 aromatic carbocycles. The fourth-order valence-corrected chi connectivity index (χ4v) is 3.02. The number of rotatable bonds is 3. The summed E-state index contributed by atoms with van der Waals surface area (Å²) < 4.78 is 6.38. The highest BCUT2D eigenvalue weighted by atomic mass is 79.9. The Morgan fingerprint density at radius 3 is 2.44 bits per heavy atom. The van der Waals surface area contributed by atoms with Gasteiger partial charge in [0.2, 0.25) is 0 Å². The molecule has 0 aliphatic carbocycles. The summed E-state index contributed by atoms with van der Waals surface area (Å²) in [4.78, 5) is 11.0. The van der Waals surface area contributed by atoms with Crippen molar-refractivity contribution in [3.05, 3.63) is 44.5 Å². The number of halogens is 3. The molecule has 1 heterocycles. The van der Waals surface area contributed by atoms with Gasteiger partial charge in [0.15, 0.2) is 0 Å². The normalized spacial score (nSPS) is 10.7. The van der Waals surface area contributed by atoms with Gasteiger partial charge in [0.1, 0.15) is 17.3 Å². The van der Waals surface area contributed by atoms with Gasteiger partial charge in [-0.1, -0.05) is 39.1 Å². The molecular weight excluding hydrogens is 339 g/mol. The zero-order valence-corrected chi connectivity index (χ0v) is 12.6. The molecule has 0 amide bonds. The highest BCUT2D eigenvalue weighted by Crippen LogP contribution is 2.38. The Labute approximate surface area is 123 Å². The van der Waals surface area contributed by atoms with Crippen molar-refractivity contribution in [1.29, 1.82) is 0 Å². The molecule has 0 aliphatic heterocycles. The smallest absolute Gasteiger partial charge is 0.137 e. The molecule has 18 heavy (non-hydrogen) atoms. The van der Waals surface area contributed by atoms with E-state index in [4.69, 9.17) is 27.6 Å². The van der Waals surface area contributed by atoms with Gasteiger partial charge >= 0.3 is 0 Å². The molecule has 2 rings (SSSR count). The van der Waals surface area contributed by atoms with Crippen LogP contribution in [0.1, 0.15) is 12.7 Å². The molecule has 0 saturated heterocycles. The van der Waals surface area contributed by atoms with Gasteiger partial charge in [0.25, 0.3) is 0 Å². The zero-order valence-electron chi connectivity index (χ0n) is 9.47. The van der Waals surface area contributed by atoms with Crippen molar-refractivity contribution >= 4 is 44.9 Å². The van der Waals surface area contributed by atoms with Gasteiger partial charge in [-0.05, 0) is 31.2 Å².